The van der Waals surface area contributed by atoms with E-state index in [0.717, 1.165) is 0 Å². The van der Waals surface area contributed by atoms with E-state index >= 15 is 0 Å². The molecular formula is C17H17F2NO5. The molecule has 0 saturated carbocycles. The third-order valence-electron chi connectivity index (χ3n) is 3.29. The summed E-state index contributed by atoms with van der Waals surface area (Å²) in [7, 11) is 4.31. The van der Waals surface area contributed by atoms with Crippen LogP contribution < -0.4 is 24.3 Å². The Balaban J connectivity index is 2.23. The minimum Gasteiger partial charge on any atom is -0.493 e. The topological polar surface area (TPSA) is 66.0 Å². The Labute approximate surface area is 143 Å². The van der Waals surface area contributed by atoms with Gasteiger partial charge >= 0.3 is 6.61 Å². The number of ether oxygens (including phenoxy) is 4. The molecule has 1 N–H and O–H groups in total. The molecule has 0 aliphatic rings. The third-order valence-corrected chi connectivity index (χ3v) is 3.29. The summed E-state index contributed by atoms with van der Waals surface area (Å²) in [4.78, 5) is 12.5. The molecule has 134 valence electrons. The maximum atomic E-state index is 12.5. The van der Waals surface area contributed by atoms with Crippen LogP contribution in [0.5, 0.6) is 23.0 Å². The predicted molar refractivity (Wildman–Crippen MR) is 87.1 cm³/mol. The molecule has 0 radical (unpaired) electrons. The lowest BCUT2D eigenvalue weighted by molar-refractivity contribution is -0.0498. The highest BCUT2D eigenvalue weighted by Gasteiger charge is 2.20. The van der Waals surface area contributed by atoms with Gasteiger partial charge in [0.2, 0.25) is 5.75 Å². The van der Waals surface area contributed by atoms with Crippen molar-refractivity contribution in [3.8, 4) is 23.0 Å². The SMILES string of the molecule is COc1ccc(C(=O)Nc2ccc(OC(F)F)cc2)c(OC)c1OC. The van der Waals surface area contributed by atoms with Gasteiger partial charge in [-0.25, -0.2) is 0 Å². The minimum atomic E-state index is -2.91. The van der Waals surface area contributed by atoms with Crippen LogP contribution in [0.2, 0.25) is 0 Å². The first-order chi connectivity index (χ1) is 12.0. The van der Waals surface area contributed by atoms with Crippen molar-refractivity contribution in [2.45, 2.75) is 6.61 Å². The lowest BCUT2D eigenvalue weighted by Gasteiger charge is -2.15. The fourth-order valence-corrected chi connectivity index (χ4v) is 2.20. The highest BCUT2D eigenvalue weighted by molar-refractivity contribution is 6.07. The van der Waals surface area contributed by atoms with Crippen LogP contribution in [0.25, 0.3) is 0 Å². The Bertz CT molecular complexity index is 735. The van der Waals surface area contributed by atoms with Crippen LogP contribution in [-0.4, -0.2) is 33.8 Å². The molecule has 2 aromatic rings. The van der Waals surface area contributed by atoms with E-state index < -0.39 is 12.5 Å². The largest absolute Gasteiger partial charge is 0.493 e. The molecule has 0 aromatic heterocycles. The van der Waals surface area contributed by atoms with Crippen LogP contribution in [-0.2, 0) is 0 Å². The molecule has 2 aromatic carbocycles. The maximum Gasteiger partial charge on any atom is 0.387 e. The number of hydrogen-bond acceptors (Lipinski definition) is 5. The number of carbonyl (C=O) groups is 1. The predicted octanol–water partition coefficient (Wildman–Crippen LogP) is 3.57. The number of rotatable bonds is 7. The second-order valence-electron chi connectivity index (χ2n) is 4.74. The molecule has 8 heteroatoms. The average molecular weight is 353 g/mol. The van der Waals surface area contributed by atoms with Gasteiger partial charge in [0.05, 0.1) is 26.9 Å². The Morgan fingerprint density at radius 1 is 0.920 bits per heavy atom. The number of amides is 1. The summed E-state index contributed by atoms with van der Waals surface area (Å²) in [6.45, 7) is -2.91. The van der Waals surface area contributed by atoms with Gasteiger partial charge in [0, 0.05) is 5.69 Å². The molecule has 6 nitrogen and oxygen atoms in total. The molecule has 0 fully saturated rings. The second kappa shape index (κ2) is 8.18. The van der Waals surface area contributed by atoms with Gasteiger partial charge in [-0.3, -0.25) is 4.79 Å². The minimum absolute atomic E-state index is 0.00306. The summed E-state index contributed by atoms with van der Waals surface area (Å²) < 4.78 is 44.2. The van der Waals surface area contributed by atoms with Crippen LogP contribution in [0.4, 0.5) is 14.5 Å². The molecule has 25 heavy (non-hydrogen) atoms. The molecule has 0 saturated heterocycles. The van der Waals surface area contributed by atoms with Gasteiger partial charge in [-0.15, -0.1) is 0 Å². The standard InChI is InChI=1S/C17H17F2NO5/c1-22-13-9-8-12(14(23-2)15(13)24-3)16(21)20-10-4-6-11(7-5-10)25-17(18)19/h4-9,17H,1-3H3,(H,20,21). The number of carbonyl (C=O) groups excluding carboxylic acids is 1. The number of benzene rings is 2. The molecule has 1 amide bonds. The van der Waals surface area contributed by atoms with Gasteiger partial charge in [-0.1, -0.05) is 0 Å². The summed E-state index contributed by atoms with van der Waals surface area (Å²) in [5, 5.41) is 2.64. The van der Waals surface area contributed by atoms with E-state index in [1.54, 1.807) is 6.07 Å². The molecule has 0 bridgehead atoms. The van der Waals surface area contributed by atoms with Crippen molar-refractivity contribution >= 4 is 11.6 Å². The zero-order chi connectivity index (χ0) is 18.4. The summed E-state index contributed by atoms with van der Waals surface area (Å²) in [6.07, 6.45) is 0. The average Bonchev–Trinajstić information content (AvgIpc) is 2.61. The first-order valence-corrected chi connectivity index (χ1v) is 7.15. The number of anilines is 1. The van der Waals surface area contributed by atoms with Crippen molar-refractivity contribution in [3.63, 3.8) is 0 Å². The fourth-order valence-electron chi connectivity index (χ4n) is 2.20. The van der Waals surface area contributed by atoms with Gasteiger partial charge in [0.1, 0.15) is 5.75 Å². The van der Waals surface area contributed by atoms with Crippen molar-refractivity contribution < 1.29 is 32.5 Å². The quantitative estimate of drug-likeness (QED) is 0.824. The fraction of sp³-hybridized carbons (Fsp3) is 0.235. The van der Waals surface area contributed by atoms with Gasteiger partial charge in [0.25, 0.3) is 5.91 Å². The smallest absolute Gasteiger partial charge is 0.387 e. The molecular weight excluding hydrogens is 336 g/mol. The zero-order valence-electron chi connectivity index (χ0n) is 13.8. The normalized spacial score (nSPS) is 10.3. The number of alkyl halides is 2. The van der Waals surface area contributed by atoms with Crippen LogP contribution in [0.3, 0.4) is 0 Å². The number of hydrogen-bond donors (Lipinski definition) is 1. The van der Waals surface area contributed by atoms with Gasteiger partial charge in [-0.05, 0) is 36.4 Å². The van der Waals surface area contributed by atoms with E-state index in [1.165, 1.54) is 51.7 Å². The van der Waals surface area contributed by atoms with Crippen molar-refractivity contribution in [2.75, 3.05) is 26.6 Å². The Morgan fingerprint density at radius 3 is 2.08 bits per heavy atom. The molecule has 2 rings (SSSR count). The van der Waals surface area contributed by atoms with Crippen LogP contribution in [0.1, 0.15) is 10.4 Å². The van der Waals surface area contributed by atoms with Crippen molar-refractivity contribution in [3.05, 3.63) is 42.0 Å². The van der Waals surface area contributed by atoms with Crippen molar-refractivity contribution in [1.29, 1.82) is 0 Å². The van der Waals surface area contributed by atoms with E-state index in [0.29, 0.717) is 17.2 Å². The number of methoxy groups -OCH3 is 3. The molecule has 0 heterocycles. The highest BCUT2D eigenvalue weighted by atomic mass is 19.3. The van der Waals surface area contributed by atoms with Gasteiger partial charge < -0.3 is 24.3 Å². The van der Waals surface area contributed by atoms with Crippen LogP contribution in [0, 0.1) is 0 Å². The van der Waals surface area contributed by atoms with E-state index in [-0.39, 0.29) is 17.1 Å². The molecule has 0 atom stereocenters. The lowest BCUT2D eigenvalue weighted by atomic mass is 10.1. The zero-order valence-corrected chi connectivity index (χ0v) is 13.8. The van der Waals surface area contributed by atoms with Crippen LogP contribution in [0.15, 0.2) is 36.4 Å². The Morgan fingerprint density at radius 2 is 1.56 bits per heavy atom. The maximum absolute atomic E-state index is 12.5. The molecule has 0 spiro atoms. The summed E-state index contributed by atoms with van der Waals surface area (Å²) in [5.41, 5.74) is 0.636. The first-order valence-electron chi connectivity index (χ1n) is 7.15. The van der Waals surface area contributed by atoms with Gasteiger partial charge in [-0.2, -0.15) is 8.78 Å². The van der Waals surface area contributed by atoms with E-state index in [9.17, 15) is 13.6 Å². The summed E-state index contributed by atoms with van der Waals surface area (Å²) in [6, 6.07) is 8.66. The summed E-state index contributed by atoms with van der Waals surface area (Å²) in [5.74, 6) is 0.469. The van der Waals surface area contributed by atoms with Crippen molar-refractivity contribution in [2.24, 2.45) is 0 Å². The monoisotopic (exact) mass is 353 g/mol. The molecule has 0 aliphatic carbocycles. The number of halogens is 2. The van der Waals surface area contributed by atoms with E-state index in [4.69, 9.17) is 14.2 Å². The highest BCUT2D eigenvalue weighted by Crippen LogP contribution is 2.39. The third kappa shape index (κ3) is 4.28. The number of nitrogens with one attached hydrogen (secondary N) is 1. The Hall–Kier alpha value is -3.03. The van der Waals surface area contributed by atoms with Crippen LogP contribution >= 0.6 is 0 Å². The second-order valence-corrected chi connectivity index (χ2v) is 4.74. The first kappa shape index (κ1) is 18.3. The Kier molecular flexibility index (Phi) is 5.99. The molecule has 0 unspecified atom stereocenters. The van der Waals surface area contributed by atoms with E-state index in [1.807, 2.05) is 0 Å². The molecule has 0 aliphatic heterocycles. The van der Waals surface area contributed by atoms with Gasteiger partial charge in [0.15, 0.2) is 11.5 Å². The summed E-state index contributed by atoms with van der Waals surface area (Å²) >= 11 is 0. The van der Waals surface area contributed by atoms with Crippen molar-refractivity contribution in [1.82, 2.24) is 0 Å². The lowest BCUT2D eigenvalue weighted by Crippen LogP contribution is -2.14. The van der Waals surface area contributed by atoms with E-state index in [2.05, 4.69) is 10.1 Å².